The molecule has 2 unspecified atom stereocenters. The Labute approximate surface area is 99.9 Å². The number of hydrazone groups is 1. The van der Waals surface area contributed by atoms with Gasteiger partial charge in [0.15, 0.2) is 0 Å². The highest BCUT2D eigenvalue weighted by Gasteiger charge is 2.49. The summed E-state index contributed by atoms with van der Waals surface area (Å²) in [5.74, 6) is 1.11. The second kappa shape index (κ2) is 3.68. The molecule has 5 heteroatoms. The van der Waals surface area contributed by atoms with Gasteiger partial charge >= 0.3 is 0 Å². The zero-order valence-electron chi connectivity index (χ0n) is 10.1. The normalized spacial score (nSPS) is 26.5. The zero-order chi connectivity index (χ0) is 12.0. The molecule has 0 radical (unpaired) electrons. The second-order valence-corrected chi connectivity index (χ2v) is 5.27. The molecule has 1 aliphatic heterocycles. The van der Waals surface area contributed by atoms with E-state index in [9.17, 15) is 4.79 Å². The fraction of sp³-hybridized carbons (Fsp3) is 0.583. The van der Waals surface area contributed by atoms with Crippen LogP contribution in [0.3, 0.4) is 0 Å². The average molecular weight is 232 g/mol. The van der Waals surface area contributed by atoms with Gasteiger partial charge in [0.25, 0.3) is 0 Å². The minimum atomic E-state index is 0.0633. The molecule has 1 aliphatic carbocycles. The number of hydrogen-bond acceptors (Lipinski definition) is 3. The minimum absolute atomic E-state index is 0.0633. The van der Waals surface area contributed by atoms with Crippen LogP contribution >= 0.6 is 0 Å². The summed E-state index contributed by atoms with van der Waals surface area (Å²) >= 11 is 0. The highest BCUT2D eigenvalue weighted by atomic mass is 16.2. The topological polar surface area (TPSA) is 59.3 Å². The number of nitrogens with zero attached hydrogens (tertiary/aromatic N) is 3. The second-order valence-electron chi connectivity index (χ2n) is 5.27. The third-order valence-electron chi connectivity index (χ3n) is 3.25. The van der Waals surface area contributed by atoms with Crippen LogP contribution in [0.4, 0.5) is 0 Å². The van der Waals surface area contributed by atoms with Crippen molar-refractivity contribution in [2.45, 2.75) is 26.8 Å². The number of amides is 1. The van der Waals surface area contributed by atoms with Crippen LogP contribution in [0.25, 0.3) is 0 Å². The van der Waals surface area contributed by atoms with Crippen molar-refractivity contribution in [3.05, 3.63) is 18.0 Å². The molecule has 0 aromatic carbocycles. The van der Waals surface area contributed by atoms with E-state index in [-0.39, 0.29) is 11.8 Å². The van der Waals surface area contributed by atoms with Crippen molar-refractivity contribution in [2.24, 2.45) is 22.9 Å². The van der Waals surface area contributed by atoms with Crippen LogP contribution in [-0.4, -0.2) is 21.4 Å². The van der Waals surface area contributed by atoms with Gasteiger partial charge < -0.3 is 0 Å². The Balaban J connectivity index is 1.81. The van der Waals surface area contributed by atoms with E-state index in [0.29, 0.717) is 11.8 Å². The molecule has 0 spiro atoms. The summed E-state index contributed by atoms with van der Waals surface area (Å²) in [6.07, 6.45) is 4.79. The third kappa shape index (κ3) is 1.85. The Bertz CT molecular complexity index is 488. The highest BCUT2D eigenvalue weighted by Crippen LogP contribution is 2.43. The van der Waals surface area contributed by atoms with Crippen LogP contribution < -0.4 is 5.43 Å². The lowest BCUT2D eigenvalue weighted by molar-refractivity contribution is -0.122. The smallest absolute Gasteiger partial charge is 0.243 e. The Morgan fingerprint density at radius 1 is 1.53 bits per heavy atom. The number of carbonyl (C=O) groups excluding carboxylic acids is 1. The first-order valence-corrected chi connectivity index (χ1v) is 6.05. The summed E-state index contributed by atoms with van der Waals surface area (Å²) in [5.41, 5.74) is 4.61. The predicted molar refractivity (Wildman–Crippen MR) is 63.3 cm³/mol. The maximum atomic E-state index is 11.3. The van der Waals surface area contributed by atoms with E-state index < -0.39 is 0 Å². The van der Waals surface area contributed by atoms with Crippen molar-refractivity contribution in [2.75, 3.05) is 0 Å². The monoisotopic (exact) mass is 232 g/mol. The van der Waals surface area contributed by atoms with Crippen LogP contribution in [0.15, 0.2) is 17.5 Å². The van der Waals surface area contributed by atoms with Crippen molar-refractivity contribution < 1.29 is 4.79 Å². The molecule has 2 aliphatic rings. The van der Waals surface area contributed by atoms with Crippen LogP contribution in [-0.2, 0) is 11.3 Å². The van der Waals surface area contributed by atoms with E-state index in [1.807, 2.05) is 17.1 Å². The van der Waals surface area contributed by atoms with Crippen molar-refractivity contribution in [3.8, 4) is 0 Å². The van der Waals surface area contributed by atoms with Crippen LogP contribution in [0.2, 0.25) is 0 Å². The lowest BCUT2D eigenvalue weighted by atomic mass is 10.1. The molecule has 2 atom stereocenters. The van der Waals surface area contributed by atoms with Crippen molar-refractivity contribution in [1.29, 1.82) is 0 Å². The summed E-state index contributed by atoms with van der Waals surface area (Å²) < 4.78 is 1.94. The van der Waals surface area contributed by atoms with Crippen LogP contribution in [0.5, 0.6) is 0 Å². The largest absolute Gasteiger partial charge is 0.273 e. The number of aromatic nitrogens is 2. The van der Waals surface area contributed by atoms with E-state index in [1.54, 1.807) is 0 Å². The number of fused-ring (bicyclic) bond motifs is 1. The summed E-state index contributed by atoms with van der Waals surface area (Å²) in [6, 6.07) is 0. The molecule has 1 N–H and O–H groups in total. The number of hydrogen-bond donors (Lipinski definition) is 1. The number of rotatable bonds is 3. The lowest BCUT2D eigenvalue weighted by Crippen LogP contribution is -2.28. The van der Waals surface area contributed by atoms with Gasteiger partial charge in [-0.3, -0.25) is 9.48 Å². The summed E-state index contributed by atoms with van der Waals surface area (Å²) in [7, 11) is 0. The molecule has 0 bridgehead atoms. The standard InChI is InChI=1S/C12H16N4O/c1-7(2)5-16-6-8(4-13-16)11-9-3-10(9)12(17)15-14-11/h4,6-7,9-10H,3,5H2,1-2H3,(H,15,17). The van der Waals surface area contributed by atoms with Gasteiger partial charge in [0.05, 0.1) is 11.9 Å². The van der Waals surface area contributed by atoms with Gasteiger partial charge in [-0.25, -0.2) is 5.43 Å². The molecule has 1 fully saturated rings. The van der Waals surface area contributed by atoms with E-state index in [2.05, 4.69) is 29.5 Å². The van der Waals surface area contributed by atoms with Gasteiger partial charge in [0, 0.05) is 30.1 Å². The molecule has 1 aromatic heterocycles. The molecular weight excluding hydrogens is 216 g/mol. The quantitative estimate of drug-likeness (QED) is 0.845. The maximum absolute atomic E-state index is 11.3. The SMILES string of the molecule is CC(C)Cn1cc(C2=NNC(=O)C3CC23)cn1. The molecule has 2 heterocycles. The first kappa shape index (κ1) is 10.5. The molecule has 1 amide bonds. The van der Waals surface area contributed by atoms with Gasteiger partial charge in [-0.05, 0) is 12.3 Å². The first-order chi connectivity index (χ1) is 8.15. The minimum Gasteiger partial charge on any atom is -0.273 e. The number of carbonyl (C=O) groups is 1. The van der Waals surface area contributed by atoms with Gasteiger partial charge in [-0.2, -0.15) is 10.2 Å². The van der Waals surface area contributed by atoms with Crippen LogP contribution in [0.1, 0.15) is 25.8 Å². The highest BCUT2D eigenvalue weighted by molar-refractivity contribution is 6.09. The Morgan fingerprint density at radius 2 is 2.35 bits per heavy atom. The van der Waals surface area contributed by atoms with E-state index in [0.717, 1.165) is 24.2 Å². The molecule has 17 heavy (non-hydrogen) atoms. The van der Waals surface area contributed by atoms with Gasteiger partial charge in [0.2, 0.25) is 5.91 Å². The van der Waals surface area contributed by atoms with Crippen molar-refractivity contribution in [1.82, 2.24) is 15.2 Å². The maximum Gasteiger partial charge on any atom is 0.243 e. The average Bonchev–Trinajstić information content (AvgIpc) is 2.95. The molecule has 90 valence electrons. The summed E-state index contributed by atoms with van der Waals surface area (Å²) in [4.78, 5) is 11.3. The molecular formula is C12H16N4O. The lowest BCUT2D eigenvalue weighted by Gasteiger charge is -2.09. The number of nitrogens with one attached hydrogen (secondary N) is 1. The van der Waals surface area contributed by atoms with E-state index in [1.165, 1.54) is 0 Å². The van der Waals surface area contributed by atoms with E-state index >= 15 is 0 Å². The Morgan fingerprint density at radius 3 is 3.12 bits per heavy atom. The molecule has 5 nitrogen and oxygen atoms in total. The fourth-order valence-electron chi connectivity index (χ4n) is 2.32. The Hall–Kier alpha value is -1.65. The third-order valence-corrected chi connectivity index (χ3v) is 3.25. The van der Waals surface area contributed by atoms with Gasteiger partial charge in [0.1, 0.15) is 0 Å². The molecule has 1 aromatic rings. The summed E-state index contributed by atoms with van der Waals surface area (Å²) in [5, 5.41) is 8.49. The van der Waals surface area contributed by atoms with Crippen LogP contribution in [0, 0.1) is 17.8 Å². The van der Waals surface area contributed by atoms with Gasteiger partial charge in [-0.15, -0.1) is 0 Å². The van der Waals surface area contributed by atoms with Gasteiger partial charge in [-0.1, -0.05) is 13.8 Å². The van der Waals surface area contributed by atoms with Crippen molar-refractivity contribution >= 4 is 11.6 Å². The fourth-order valence-corrected chi connectivity index (χ4v) is 2.32. The molecule has 3 rings (SSSR count). The molecule has 0 saturated heterocycles. The Kier molecular flexibility index (Phi) is 2.28. The van der Waals surface area contributed by atoms with Crippen molar-refractivity contribution in [3.63, 3.8) is 0 Å². The van der Waals surface area contributed by atoms with E-state index in [4.69, 9.17) is 0 Å². The summed E-state index contributed by atoms with van der Waals surface area (Å²) in [6.45, 7) is 5.24. The zero-order valence-corrected chi connectivity index (χ0v) is 10.1. The first-order valence-electron chi connectivity index (χ1n) is 6.05. The predicted octanol–water partition coefficient (Wildman–Crippen LogP) is 1.01. The molecule has 1 saturated carbocycles.